The lowest BCUT2D eigenvalue weighted by Crippen LogP contribution is -2.55. The fourth-order valence-electron chi connectivity index (χ4n) is 2.21. The van der Waals surface area contributed by atoms with E-state index < -0.39 is 16.5 Å². The van der Waals surface area contributed by atoms with Crippen LogP contribution in [0.4, 0.5) is 0 Å². The second-order valence-electron chi connectivity index (χ2n) is 6.64. The third-order valence-electron chi connectivity index (χ3n) is 2.71. The minimum atomic E-state index is -1.49. The normalized spacial score (nSPS) is 12.7. The number of nitrogens with zero attached hydrogens (tertiary/aromatic N) is 2. The fourth-order valence-corrected chi connectivity index (χ4v) is 11.1. The second kappa shape index (κ2) is 5.84. The molecule has 0 aromatic heterocycles. The molecule has 0 N–H and O–H groups in total. The molecule has 3 nitrogen and oxygen atoms in total. The fraction of sp³-hybridized carbons (Fsp3) is 0.429. The van der Waals surface area contributed by atoms with E-state index in [2.05, 4.69) is 43.6 Å². The third kappa shape index (κ3) is 4.43. The number of rotatable bonds is 5. The lowest BCUT2D eigenvalue weighted by Gasteiger charge is -2.41. The Morgan fingerprint density at radius 2 is 1.42 bits per heavy atom. The molecule has 1 rings (SSSR count). The molecule has 0 fully saturated rings. The summed E-state index contributed by atoms with van der Waals surface area (Å²) in [5, 5.41) is 4.72. The highest BCUT2D eigenvalue weighted by molar-refractivity contribution is 6.89. The number of hydrogen-bond acceptors (Lipinski definition) is 3. The van der Waals surface area contributed by atoms with Gasteiger partial charge in [0.15, 0.2) is 22.8 Å². The monoisotopic (exact) mass is 292 g/mol. The molecule has 19 heavy (non-hydrogen) atoms. The molecule has 0 amide bonds. The van der Waals surface area contributed by atoms with Crippen molar-refractivity contribution >= 4 is 29.0 Å². The van der Waals surface area contributed by atoms with Gasteiger partial charge in [-0.15, -0.1) is 0 Å². The van der Waals surface area contributed by atoms with Crippen molar-refractivity contribution in [2.75, 3.05) is 0 Å². The number of hydrazone groups is 1. The number of carbonyl (C=O) groups excluding carboxylic acids is 1. The van der Waals surface area contributed by atoms with Gasteiger partial charge in [-0.25, -0.2) is 5.10 Å². The molecular formula is C14H24N2OSi2. The lowest BCUT2D eigenvalue weighted by atomic mass is 10.1. The summed E-state index contributed by atoms with van der Waals surface area (Å²) >= 11 is 0. The first-order valence-corrected chi connectivity index (χ1v) is 13.4. The van der Waals surface area contributed by atoms with Crippen molar-refractivity contribution in [1.29, 1.82) is 0 Å². The van der Waals surface area contributed by atoms with E-state index >= 15 is 0 Å². The molecule has 0 aliphatic carbocycles. The van der Waals surface area contributed by atoms with Gasteiger partial charge in [0.2, 0.25) is 0 Å². The van der Waals surface area contributed by atoms with Crippen molar-refractivity contribution in [2.45, 2.75) is 39.3 Å². The summed E-state index contributed by atoms with van der Waals surface area (Å²) < 4.78 is 2.33. The Labute approximate surface area is 118 Å². The van der Waals surface area contributed by atoms with Gasteiger partial charge in [-0.3, -0.25) is 4.79 Å². The molecule has 104 valence electrons. The van der Waals surface area contributed by atoms with Gasteiger partial charge in [0, 0.05) is 11.1 Å². The zero-order valence-corrected chi connectivity index (χ0v) is 14.8. The summed E-state index contributed by atoms with van der Waals surface area (Å²) in [6, 6.07) is 7.55. The molecule has 0 bridgehead atoms. The van der Waals surface area contributed by atoms with E-state index in [0.717, 1.165) is 11.8 Å². The van der Waals surface area contributed by atoms with Gasteiger partial charge in [0.05, 0.1) is 6.21 Å². The summed E-state index contributed by atoms with van der Waals surface area (Å²) in [6.07, 6.45) is 2.72. The highest BCUT2D eigenvalue weighted by Gasteiger charge is 2.33. The highest BCUT2D eigenvalue weighted by Crippen LogP contribution is 2.20. The van der Waals surface area contributed by atoms with E-state index in [1.54, 1.807) is 0 Å². The summed E-state index contributed by atoms with van der Waals surface area (Å²) in [5.41, 5.74) is 1.58. The molecule has 5 heteroatoms. The van der Waals surface area contributed by atoms with Crippen molar-refractivity contribution in [2.24, 2.45) is 5.10 Å². The number of aldehydes is 1. The van der Waals surface area contributed by atoms with Gasteiger partial charge in [-0.05, 0) is 0 Å². The van der Waals surface area contributed by atoms with Gasteiger partial charge in [0.1, 0.15) is 0 Å². The van der Waals surface area contributed by atoms with E-state index in [9.17, 15) is 4.79 Å². The van der Waals surface area contributed by atoms with Crippen molar-refractivity contribution in [3.05, 3.63) is 35.4 Å². The average molecular weight is 293 g/mol. The van der Waals surface area contributed by atoms with Crippen molar-refractivity contribution in [1.82, 2.24) is 4.34 Å². The molecular weight excluding hydrogens is 268 g/mol. The van der Waals surface area contributed by atoms with Crippen LogP contribution in [-0.2, 0) is 0 Å². The van der Waals surface area contributed by atoms with Gasteiger partial charge in [-0.2, -0.15) is 0 Å². The van der Waals surface area contributed by atoms with E-state index in [-0.39, 0.29) is 0 Å². The molecule has 0 radical (unpaired) electrons. The maximum Gasteiger partial charge on any atom is 0.158 e. The Morgan fingerprint density at radius 3 is 1.84 bits per heavy atom. The molecule has 0 saturated carbocycles. The summed E-state index contributed by atoms with van der Waals surface area (Å²) in [5.74, 6) is 0. The van der Waals surface area contributed by atoms with Crippen LogP contribution in [0, 0.1) is 0 Å². The zero-order valence-electron chi connectivity index (χ0n) is 12.8. The number of benzene rings is 1. The van der Waals surface area contributed by atoms with E-state index in [4.69, 9.17) is 5.10 Å². The molecule has 0 saturated heterocycles. The third-order valence-corrected chi connectivity index (χ3v) is 9.50. The molecule has 0 heterocycles. The summed E-state index contributed by atoms with van der Waals surface area (Å²) in [4.78, 5) is 11.0. The average Bonchev–Trinajstić information content (AvgIpc) is 2.26. The van der Waals surface area contributed by atoms with Crippen LogP contribution in [0.5, 0.6) is 0 Å². The smallest absolute Gasteiger partial charge is 0.158 e. The first kappa shape index (κ1) is 15.8. The van der Waals surface area contributed by atoms with Crippen LogP contribution in [0.25, 0.3) is 0 Å². The Morgan fingerprint density at radius 1 is 0.947 bits per heavy atom. The molecule has 1 aromatic carbocycles. The number of hydrogen-bond donors (Lipinski definition) is 0. The van der Waals surface area contributed by atoms with Crippen LogP contribution < -0.4 is 0 Å². The van der Waals surface area contributed by atoms with Crippen LogP contribution in [0.2, 0.25) is 39.3 Å². The predicted octanol–water partition coefficient (Wildman–Crippen LogP) is 3.80. The molecule has 0 unspecified atom stereocenters. The van der Waals surface area contributed by atoms with Crippen molar-refractivity contribution in [3.63, 3.8) is 0 Å². The SMILES string of the molecule is C[Si](C)(C)N(N=Cc1ccccc1C=O)[Si](C)(C)C. The molecule has 0 aliphatic heterocycles. The minimum absolute atomic E-state index is 0.692. The largest absolute Gasteiger partial charge is 0.350 e. The standard InChI is InChI=1S/C14H24N2OSi2/c1-18(2,3)16(19(4,5)6)15-11-13-9-7-8-10-14(13)12-17/h7-12H,1-6H3. The van der Waals surface area contributed by atoms with Crippen LogP contribution >= 0.6 is 0 Å². The Balaban J connectivity index is 3.10. The number of carbonyl (C=O) groups is 1. The van der Waals surface area contributed by atoms with Gasteiger partial charge in [0.25, 0.3) is 0 Å². The van der Waals surface area contributed by atoms with Gasteiger partial charge < -0.3 is 4.34 Å². The Kier molecular flexibility index (Phi) is 4.87. The topological polar surface area (TPSA) is 32.7 Å². The van der Waals surface area contributed by atoms with Crippen LogP contribution in [-0.4, -0.2) is 33.3 Å². The van der Waals surface area contributed by atoms with Crippen LogP contribution in [0.1, 0.15) is 15.9 Å². The zero-order chi connectivity index (χ0) is 14.7. The summed E-state index contributed by atoms with van der Waals surface area (Å²) in [6.45, 7) is 13.8. The van der Waals surface area contributed by atoms with E-state index in [1.807, 2.05) is 30.5 Å². The quantitative estimate of drug-likeness (QED) is 0.358. The first-order chi connectivity index (χ1) is 8.66. The second-order valence-corrected chi connectivity index (χ2v) is 16.6. The Bertz CT molecular complexity index is 459. The van der Waals surface area contributed by atoms with Gasteiger partial charge >= 0.3 is 0 Å². The van der Waals surface area contributed by atoms with Crippen molar-refractivity contribution < 1.29 is 4.79 Å². The predicted molar refractivity (Wildman–Crippen MR) is 88.0 cm³/mol. The van der Waals surface area contributed by atoms with E-state index in [0.29, 0.717) is 5.56 Å². The highest BCUT2D eigenvalue weighted by atomic mass is 28.4. The molecule has 1 aromatic rings. The summed E-state index contributed by atoms with van der Waals surface area (Å²) in [7, 11) is -2.99. The Hall–Kier alpha value is -1.21. The minimum Gasteiger partial charge on any atom is -0.350 e. The molecule has 0 aliphatic rings. The van der Waals surface area contributed by atoms with Crippen LogP contribution in [0.3, 0.4) is 0 Å². The molecule has 0 atom stereocenters. The lowest BCUT2D eigenvalue weighted by molar-refractivity contribution is 0.112. The van der Waals surface area contributed by atoms with Crippen molar-refractivity contribution in [3.8, 4) is 0 Å². The van der Waals surface area contributed by atoms with Crippen LogP contribution in [0.15, 0.2) is 29.4 Å². The maximum absolute atomic E-state index is 11.0. The maximum atomic E-state index is 11.0. The van der Waals surface area contributed by atoms with Gasteiger partial charge in [-0.1, -0.05) is 63.5 Å². The van der Waals surface area contributed by atoms with E-state index in [1.165, 1.54) is 0 Å². The first-order valence-electron chi connectivity index (χ1n) is 6.55. The molecule has 0 spiro atoms.